The summed E-state index contributed by atoms with van der Waals surface area (Å²) in [5.41, 5.74) is -0.102. The molecular formula is C14H23N3O2. The zero-order valence-corrected chi connectivity index (χ0v) is 12.2. The predicted octanol–water partition coefficient (Wildman–Crippen LogP) is 3.24. The molecule has 0 spiro atoms. The van der Waals surface area contributed by atoms with Crippen LogP contribution < -0.4 is 5.32 Å². The minimum absolute atomic E-state index is 0.0830. The van der Waals surface area contributed by atoms with E-state index < -0.39 is 0 Å². The van der Waals surface area contributed by atoms with Crippen LogP contribution in [0.5, 0.6) is 0 Å². The van der Waals surface area contributed by atoms with Gasteiger partial charge in [-0.15, -0.1) is 0 Å². The van der Waals surface area contributed by atoms with E-state index in [4.69, 9.17) is 4.52 Å². The van der Waals surface area contributed by atoms with Crippen LogP contribution in [-0.4, -0.2) is 29.2 Å². The number of nitrogens with one attached hydrogen (secondary N) is 1. The topological polar surface area (TPSA) is 58.4 Å². The molecule has 1 saturated heterocycles. The molecule has 2 amide bonds. The molecule has 0 radical (unpaired) electrons. The van der Waals surface area contributed by atoms with Gasteiger partial charge < -0.3 is 9.42 Å². The molecule has 0 aliphatic carbocycles. The fraction of sp³-hybridized carbons (Fsp3) is 0.714. The van der Waals surface area contributed by atoms with Gasteiger partial charge in [-0.2, -0.15) is 0 Å². The highest BCUT2D eigenvalue weighted by molar-refractivity contribution is 5.88. The minimum Gasteiger partial charge on any atom is -0.359 e. The number of anilines is 1. The third kappa shape index (κ3) is 3.49. The summed E-state index contributed by atoms with van der Waals surface area (Å²) in [6.45, 7) is 9.95. The maximum Gasteiger partial charge on any atom is 0.323 e. The highest BCUT2D eigenvalue weighted by Crippen LogP contribution is 2.24. The number of hydrogen-bond donors (Lipinski definition) is 1. The molecule has 5 heteroatoms. The molecule has 1 aromatic heterocycles. The Bertz CT molecular complexity index is 448. The van der Waals surface area contributed by atoms with Crippen molar-refractivity contribution in [2.75, 3.05) is 18.4 Å². The summed E-state index contributed by atoms with van der Waals surface area (Å²) < 4.78 is 5.26. The van der Waals surface area contributed by atoms with Gasteiger partial charge in [-0.1, -0.05) is 32.9 Å². The van der Waals surface area contributed by atoms with Crippen molar-refractivity contribution in [2.24, 2.45) is 5.92 Å². The number of rotatable bonds is 1. The van der Waals surface area contributed by atoms with Crippen molar-refractivity contribution in [3.8, 4) is 0 Å². The average Bonchev–Trinajstić information content (AvgIpc) is 2.77. The van der Waals surface area contributed by atoms with Crippen LogP contribution in [0.1, 0.15) is 46.3 Å². The molecule has 0 aromatic carbocycles. The van der Waals surface area contributed by atoms with Crippen molar-refractivity contribution in [3.63, 3.8) is 0 Å². The number of nitrogens with zero attached hydrogens (tertiary/aromatic N) is 2. The lowest BCUT2D eigenvalue weighted by Gasteiger charge is -2.30. The lowest BCUT2D eigenvalue weighted by Crippen LogP contribution is -2.41. The van der Waals surface area contributed by atoms with Gasteiger partial charge in [0.05, 0.1) is 0 Å². The summed E-state index contributed by atoms with van der Waals surface area (Å²) in [5.74, 6) is 1.84. The van der Waals surface area contributed by atoms with Crippen LogP contribution in [0.15, 0.2) is 10.6 Å². The zero-order chi connectivity index (χ0) is 14.0. The number of carbonyl (C=O) groups excluding carboxylic acids is 1. The van der Waals surface area contributed by atoms with Gasteiger partial charge in [0, 0.05) is 24.6 Å². The third-order valence-electron chi connectivity index (χ3n) is 3.43. The Labute approximate surface area is 114 Å². The van der Waals surface area contributed by atoms with Crippen molar-refractivity contribution in [1.82, 2.24) is 10.1 Å². The van der Waals surface area contributed by atoms with Gasteiger partial charge in [0.2, 0.25) is 0 Å². The molecule has 1 unspecified atom stereocenters. The molecule has 1 aliphatic rings. The van der Waals surface area contributed by atoms with Crippen LogP contribution in [-0.2, 0) is 5.41 Å². The molecule has 2 rings (SSSR count). The molecule has 1 atom stereocenters. The summed E-state index contributed by atoms with van der Waals surface area (Å²) in [7, 11) is 0. The van der Waals surface area contributed by atoms with Crippen molar-refractivity contribution in [2.45, 2.75) is 46.0 Å². The van der Waals surface area contributed by atoms with E-state index in [2.05, 4.69) is 17.4 Å². The van der Waals surface area contributed by atoms with Gasteiger partial charge in [-0.3, -0.25) is 5.32 Å². The fourth-order valence-corrected chi connectivity index (χ4v) is 2.25. The van der Waals surface area contributed by atoms with E-state index in [0.717, 1.165) is 25.3 Å². The number of aromatic nitrogens is 1. The minimum atomic E-state index is -0.102. The van der Waals surface area contributed by atoms with Gasteiger partial charge in [0.1, 0.15) is 5.76 Å². The average molecular weight is 265 g/mol. The van der Waals surface area contributed by atoms with E-state index >= 15 is 0 Å². The van der Waals surface area contributed by atoms with Gasteiger partial charge in [0.15, 0.2) is 5.82 Å². The number of amides is 2. The zero-order valence-electron chi connectivity index (χ0n) is 12.2. The van der Waals surface area contributed by atoms with E-state index in [0.29, 0.717) is 11.7 Å². The standard InChI is InChI=1S/C14H23N3O2/c1-10-6-5-7-17(9-10)13(18)15-12-8-11(19-16-12)14(2,3)4/h8,10H,5-7,9H2,1-4H3,(H,15,16,18). The Morgan fingerprint density at radius 2 is 2.26 bits per heavy atom. The quantitative estimate of drug-likeness (QED) is 0.848. The fourth-order valence-electron chi connectivity index (χ4n) is 2.25. The van der Waals surface area contributed by atoms with E-state index in [-0.39, 0.29) is 11.4 Å². The summed E-state index contributed by atoms with van der Waals surface area (Å²) in [6.07, 6.45) is 2.27. The van der Waals surface area contributed by atoms with Crippen LogP contribution in [0.4, 0.5) is 10.6 Å². The van der Waals surface area contributed by atoms with E-state index in [1.54, 1.807) is 6.07 Å². The summed E-state index contributed by atoms with van der Waals surface area (Å²) in [4.78, 5) is 14.0. The predicted molar refractivity (Wildman–Crippen MR) is 74.2 cm³/mol. The van der Waals surface area contributed by atoms with E-state index in [9.17, 15) is 4.79 Å². The molecule has 1 N–H and O–H groups in total. The van der Waals surface area contributed by atoms with Crippen molar-refractivity contribution in [3.05, 3.63) is 11.8 Å². The van der Waals surface area contributed by atoms with Crippen LogP contribution >= 0.6 is 0 Å². The third-order valence-corrected chi connectivity index (χ3v) is 3.43. The first kappa shape index (κ1) is 13.9. The Balaban J connectivity index is 1.97. The van der Waals surface area contributed by atoms with E-state index in [1.165, 1.54) is 6.42 Å². The Hall–Kier alpha value is -1.52. The lowest BCUT2D eigenvalue weighted by molar-refractivity contribution is 0.182. The number of carbonyl (C=O) groups is 1. The molecule has 1 aromatic rings. The highest BCUT2D eigenvalue weighted by atomic mass is 16.5. The number of likely N-dealkylation sites (tertiary alicyclic amines) is 1. The van der Waals surface area contributed by atoms with Gasteiger partial charge in [-0.25, -0.2) is 4.79 Å². The molecule has 2 heterocycles. The highest BCUT2D eigenvalue weighted by Gasteiger charge is 2.23. The first-order chi connectivity index (χ1) is 8.86. The molecular weight excluding hydrogens is 242 g/mol. The number of hydrogen-bond acceptors (Lipinski definition) is 3. The van der Waals surface area contributed by atoms with Crippen LogP contribution in [0, 0.1) is 5.92 Å². The number of urea groups is 1. The molecule has 1 fully saturated rings. The maximum atomic E-state index is 12.1. The van der Waals surface area contributed by atoms with Crippen molar-refractivity contribution >= 4 is 11.8 Å². The summed E-state index contributed by atoms with van der Waals surface area (Å²) >= 11 is 0. The Morgan fingerprint density at radius 1 is 1.53 bits per heavy atom. The van der Waals surface area contributed by atoms with Crippen molar-refractivity contribution in [1.29, 1.82) is 0 Å². The van der Waals surface area contributed by atoms with Crippen LogP contribution in [0.25, 0.3) is 0 Å². The van der Waals surface area contributed by atoms with Crippen molar-refractivity contribution < 1.29 is 9.32 Å². The summed E-state index contributed by atoms with van der Waals surface area (Å²) in [5, 5.41) is 6.71. The molecule has 5 nitrogen and oxygen atoms in total. The molecule has 106 valence electrons. The maximum absolute atomic E-state index is 12.1. The number of piperidine rings is 1. The van der Waals surface area contributed by atoms with Crippen LogP contribution in [0.3, 0.4) is 0 Å². The molecule has 19 heavy (non-hydrogen) atoms. The second kappa shape index (κ2) is 5.23. The first-order valence-electron chi connectivity index (χ1n) is 6.89. The normalized spacial score (nSPS) is 20.4. The Morgan fingerprint density at radius 3 is 2.84 bits per heavy atom. The first-order valence-corrected chi connectivity index (χ1v) is 6.89. The van der Waals surface area contributed by atoms with Crippen LogP contribution in [0.2, 0.25) is 0 Å². The smallest absolute Gasteiger partial charge is 0.323 e. The van der Waals surface area contributed by atoms with E-state index in [1.807, 2.05) is 25.7 Å². The largest absolute Gasteiger partial charge is 0.359 e. The Kier molecular flexibility index (Phi) is 3.83. The summed E-state index contributed by atoms with van der Waals surface area (Å²) in [6, 6.07) is 1.71. The monoisotopic (exact) mass is 265 g/mol. The molecule has 0 saturated carbocycles. The second-order valence-corrected chi connectivity index (χ2v) is 6.45. The molecule has 1 aliphatic heterocycles. The second-order valence-electron chi connectivity index (χ2n) is 6.45. The lowest BCUT2D eigenvalue weighted by atomic mass is 9.93. The van der Waals surface area contributed by atoms with Gasteiger partial charge in [-0.05, 0) is 18.8 Å². The SMILES string of the molecule is CC1CCCN(C(=O)Nc2cc(C(C)(C)C)on2)C1. The molecule has 0 bridgehead atoms. The van der Waals surface area contributed by atoms with Gasteiger partial charge in [0.25, 0.3) is 0 Å². The van der Waals surface area contributed by atoms with Gasteiger partial charge >= 0.3 is 6.03 Å².